The van der Waals surface area contributed by atoms with E-state index in [0.717, 1.165) is 11.3 Å². The molecule has 1 amide bonds. The van der Waals surface area contributed by atoms with Crippen LogP contribution in [0.5, 0.6) is 0 Å². The quantitative estimate of drug-likeness (QED) is 0.868. The van der Waals surface area contributed by atoms with Crippen molar-refractivity contribution in [3.05, 3.63) is 29.8 Å². The summed E-state index contributed by atoms with van der Waals surface area (Å²) >= 11 is 0. The predicted molar refractivity (Wildman–Crippen MR) is 77.7 cm³/mol. The second kappa shape index (κ2) is 5.37. The van der Waals surface area contributed by atoms with Crippen molar-refractivity contribution >= 4 is 17.6 Å². The molecule has 0 radical (unpaired) electrons. The number of nitrogens with zero attached hydrogens (tertiary/aromatic N) is 2. The lowest BCUT2D eigenvalue weighted by atomic mass is 10.00. The summed E-state index contributed by atoms with van der Waals surface area (Å²) in [5, 5.41) is 15.9. The second-order valence-electron chi connectivity index (χ2n) is 5.61. The molecule has 0 aliphatic carbocycles. The SMILES string of the molecule is CN1C(=O)CCN1c1ccc(C2CC(C(=O)O)CN2)cc1. The van der Waals surface area contributed by atoms with Gasteiger partial charge in [0.25, 0.3) is 0 Å². The van der Waals surface area contributed by atoms with Crippen LogP contribution in [0.4, 0.5) is 5.69 Å². The number of anilines is 1. The number of carboxylic acids is 1. The van der Waals surface area contributed by atoms with Gasteiger partial charge in [0.1, 0.15) is 0 Å². The molecule has 1 aromatic rings. The molecule has 21 heavy (non-hydrogen) atoms. The molecule has 0 spiro atoms. The zero-order valence-electron chi connectivity index (χ0n) is 12.0. The average Bonchev–Trinajstić information content (AvgIpc) is 3.08. The molecule has 6 nitrogen and oxygen atoms in total. The van der Waals surface area contributed by atoms with Gasteiger partial charge in [0.2, 0.25) is 5.91 Å². The smallest absolute Gasteiger partial charge is 0.307 e. The Morgan fingerprint density at radius 1 is 1.33 bits per heavy atom. The highest BCUT2D eigenvalue weighted by molar-refractivity contribution is 5.81. The van der Waals surface area contributed by atoms with E-state index in [1.807, 2.05) is 29.3 Å². The first-order valence-corrected chi connectivity index (χ1v) is 7.16. The topological polar surface area (TPSA) is 72.9 Å². The maximum atomic E-state index is 11.6. The monoisotopic (exact) mass is 289 g/mol. The van der Waals surface area contributed by atoms with Gasteiger partial charge in [-0.15, -0.1) is 0 Å². The Bertz CT molecular complexity index is 558. The Hall–Kier alpha value is -2.08. The lowest BCUT2D eigenvalue weighted by Crippen LogP contribution is -2.35. The Morgan fingerprint density at radius 2 is 2.05 bits per heavy atom. The van der Waals surface area contributed by atoms with Gasteiger partial charge in [-0.2, -0.15) is 0 Å². The van der Waals surface area contributed by atoms with Gasteiger partial charge < -0.3 is 10.4 Å². The zero-order chi connectivity index (χ0) is 15.0. The number of aliphatic carboxylic acids is 1. The minimum atomic E-state index is -0.737. The first-order chi connectivity index (χ1) is 10.1. The van der Waals surface area contributed by atoms with E-state index in [1.165, 1.54) is 0 Å². The molecular formula is C15H19N3O3. The van der Waals surface area contributed by atoms with Crippen molar-refractivity contribution in [2.24, 2.45) is 5.92 Å². The van der Waals surface area contributed by atoms with Gasteiger partial charge in [0.15, 0.2) is 0 Å². The molecule has 2 unspecified atom stereocenters. The number of carbonyl (C=O) groups excluding carboxylic acids is 1. The molecule has 0 saturated carbocycles. The van der Waals surface area contributed by atoms with E-state index < -0.39 is 5.97 Å². The summed E-state index contributed by atoms with van der Waals surface area (Å²) in [5.41, 5.74) is 2.08. The molecule has 2 atom stereocenters. The molecule has 3 rings (SSSR count). The van der Waals surface area contributed by atoms with E-state index >= 15 is 0 Å². The highest BCUT2D eigenvalue weighted by Crippen LogP contribution is 2.29. The Labute approximate surface area is 123 Å². The van der Waals surface area contributed by atoms with Crippen LogP contribution in [0.1, 0.15) is 24.4 Å². The molecular weight excluding hydrogens is 270 g/mol. The predicted octanol–water partition coefficient (Wildman–Crippen LogP) is 1.01. The van der Waals surface area contributed by atoms with Gasteiger partial charge in [-0.25, -0.2) is 0 Å². The van der Waals surface area contributed by atoms with Crippen LogP contribution >= 0.6 is 0 Å². The van der Waals surface area contributed by atoms with Gasteiger partial charge in [-0.3, -0.25) is 19.6 Å². The summed E-state index contributed by atoms with van der Waals surface area (Å²) in [4.78, 5) is 22.5. The normalized spacial score (nSPS) is 25.7. The molecule has 2 aliphatic heterocycles. The fraction of sp³-hybridized carbons (Fsp3) is 0.467. The Morgan fingerprint density at radius 3 is 2.57 bits per heavy atom. The third kappa shape index (κ3) is 2.58. The first-order valence-electron chi connectivity index (χ1n) is 7.16. The third-order valence-corrected chi connectivity index (χ3v) is 4.33. The van der Waals surface area contributed by atoms with Crippen LogP contribution in [0.15, 0.2) is 24.3 Å². The molecule has 0 aromatic heterocycles. The number of hydrogen-bond acceptors (Lipinski definition) is 4. The maximum absolute atomic E-state index is 11.6. The highest BCUT2D eigenvalue weighted by Gasteiger charge is 2.30. The van der Waals surface area contributed by atoms with Crippen molar-refractivity contribution in [1.82, 2.24) is 10.3 Å². The van der Waals surface area contributed by atoms with Crippen LogP contribution in [0.2, 0.25) is 0 Å². The molecule has 2 heterocycles. The minimum absolute atomic E-state index is 0.0955. The first kappa shape index (κ1) is 13.9. The van der Waals surface area contributed by atoms with Crippen molar-refractivity contribution in [3.63, 3.8) is 0 Å². The van der Waals surface area contributed by atoms with Crippen molar-refractivity contribution in [2.45, 2.75) is 18.9 Å². The van der Waals surface area contributed by atoms with Gasteiger partial charge in [-0.1, -0.05) is 12.1 Å². The fourth-order valence-corrected chi connectivity index (χ4v) is 3.01. The van der Waals surface area contributed by atoms with Crippen molar-refractivity contribution < 1.29 is 14.7 Å². The molecule has 2 N–H and O–H groups in total. The van der Waals surface area contributed by atoms with Gasteiger partial charge in [-0.05, 0) is 24.1 Å². The molecule has 0 bridgehead atoms. The number of hydrogen-bond donors (Lipinski definition) is 2. The Kier molecular flexibility index (Phi) is 3.55. The summed E-state index contributed by atoms with van der Waals surface area (Å²) in [5.74, 6) is -0.920. The minimum Gasteiger partial charge on any atom is -0.481 e. The molecule has 2 fully saturated rings. The molecule has 1 aromatic carbocycles. The van der Waals surface area contributed by atoms with E-state index in [1.54, 1.807) is 12.1 Å². The van der Waals surface area contributed by atoms with Crippen LogP contribution in [-0.4, -0.2) is 42.1 Å². The molecule has 2 saturated heterocycles. The average molecular weight is 289 g/mol. The highest BCUT2D eigenvalue weighted by atomic mass is 16.4. The van der Waals surface area contributed by atoms with Crippen molar-refractivity contribution in [3.8, 4) is 0 Å². The lowest BCUT2D eigenvalue weighted by molar-refractivity contribution is -0.141. The summed E-state index contributed by atoms with van der Waals surface area (Å²) in [6.07, 6.45) is 1.17. The number of benzene rings is 1. The van der Waals surface area contributed by atoms with Crippen molar-refractivity contribution in [2.75, 3.05) is 25.1 Å². The number of nitrogens with one attached hydrogen (secondary N) is 1. The summed E-state index contributed by atoms with van der Waals surface area (Å²) in [7, 11) is 1.78. The maximum Gasteiger partial charge on any atom is 0.307 e. The third-order valence-electron chi connectivity index (χ3n) is 4.33. The van der Waals surface area contributed by atoms with E-state index in [2.05, 4.69) is 5.32 Å². The molecule has 2 aliphatic rings. The number of carboxylic acid groups (broad SMARTS) is 1. The Balaban J connectivity index is 1.70. The van der Waals surface area contributed by atoms with Crippen LogP contribution in [0, 0.1) is 5.92 Å². The standard InChI is InChI=1S/C15H19N3O3/c1-17-14(19)6-7-18(17)12-4-2-10(3-5-12)13-8-11(9-16-13)15(20)21/h2-5,11,13,16H,6-9H2,1H3,(H,20,21). The van der Waals surface area contributed by atoms with Gasteiger partial charge in [0, 0.05) is 32.6 Å². The van der Waals surface area contributed by atoms with Crippen LogP contribution in [-0.2, 0) is 9.59 Å². The van der Waals surface area contributed by atoms with Gasteiger partial charge in [0.05, 0.1) is 11.6 Å². The number of rotatable bonds is 3. The molecule has 6 heteroatoms. The van der Waals surface area contributed by atoms with Gasteiger partial charge >= 0.3 is 5.97 Å². The fourth-order valence-electron chi connectivity index (χ4n) is 3.01. The molecule has 112 valence electrons. The zero-order valence-corrected chi connectivity index (χ0v) is 12.0. The van der Waals surface area contributed by atoms with Crippen molar-refractivity contribution in [1.29, 1.82) is 0 Å². The second-order valence-corrected chi connectivity index (χ2v) is 5.61. The number of hydrazine groups is 1. The lowest BCUT2D eigenvalue weighted by Gasteiger charge is -2.26. The summed E-state index contributed by atoms with van der Waals surface area (Å²) in [6, 6.07) is 8.08. The van der Waals surface area contributed by atoms with E-state index in [-0.39, 0.29) is 17.9 Å². The van der Waals surface area contributed by atoms with Crippen LogP contribution < -0.4 is 10.3 Å². The van der Waals surface area contributed by atoms with E-state index in [9.17, 15) is 9.59 Å². The van der Waals surface area contributed by atoms with Crippen LogP contribution in [0.3, 0.4) is 0 Å². The largest absolute Gasteiger partial charge is 0.481 e. The number of carbonyl (C=O) groups is 2. The number of amides is 1. The van der Waals surface area contributed by atoms with E-state index in [0.29, 0.717) is 25.9 Å². The summed E-state index contributed by atoms with van der Waals surface area (Å²) < 4.78 is 0. The summed E-state index contributed by atoms with van der Waals surface area (Å²) in [6.45, 7) is 1.22. The van der Waals surface area contributed by atoms with E-state index in [4.69, 9.17) is 5.11 Å². The van der Waals surface area contributed by atoms with Crippen LogP contribution in [0.25, 0.3) is 0 Å².